The molecule has 0 aliphatic rings. The Labute approximate surface area is 81.0 Å². The van der Waals surface area contributed by atoms with Gasteiger partial charge in [-0.05, 0) is 12.1 Å². The van der Waals surface area contributed by atoms with Crippen LogP contribution in [0, 0.1) is 5.41 Å². The summed E-state index contributed by atoms with van der Waals surface area (Å²) < 4.78 is 0. The monoisotopic (exact) mass is 193 g/mol. The Morgan fingerprint density at radius 2 is 1.86 bits per heavy atom. The number of primary amides is 1. The molecule has 0 fully saturated rings. The second-order valence-corrected chi connectivity index (χ2v) is 2.53. The lowest BCUT2D eigenvalue weighted by Gasteiger charge is -2.21. The zero-order valence-corrected chi connectivity index (χ0v) is 7.40. The first-order chi connectivity index (χ1) is 6.61. The van der Waals surface area contributed by atoms with Crippen LogP contribution >= 0.6 is 0 Å². The maximum absolute atomic E-state index is 10.6. The molecule has 0 saturated heterocycles. The van der Waals surface area contributed by atoms with Crippen LogP contribution < -0.4 is 21.9 Å². The molecule has 0 radical (unpaired) electrons. The number of nitrogens with zero attached hydrogens (tertiary/aromatic N) is 1. The Balaban J connectivity index is 2.89. The summed E-state index contributed by atoms with van der Waals surface area (Å²) in [6, 6.07) is 7.94. The van der Waals surface area contributed by atoms with Crippen LogP contribution in [0.5, 0.6) is 0 Å². The fourth-order valence-corrected chi connectivity index (χ4v) is 0.951. The fraction of sp³-hybridized carbons (Fsp3) is 0. The molecule has 0 aliphatic carbocycles. The maximum atomic E-state index is 10.6. The van der Waals surface area contributed by atoms with Gasteiger partial charge in [-0.1, -0.05) is 18.2 Å². The van der Waals surface area contributed by atoms with Gasteiger partial charge in [-0.15, -0.1) is 0 Å². The molecule has 2 amide bonds. The Kier molecular flexibility index (Phi) is 2.90. The highest BCUT2D eigenvalue weighted by Gasteiger charge is 2.09. The lowest BCUT2D eigenvalue weighted by atomic mass is 10.3. The number of carbonyl (C=O) groups is 1. The molecule has 0 bridgehead atoms. The first-order valence-electron chi connectivity index (χ1n) is 3.86. The molecule has 14 heavy (non-hydrogen) atoms. The number of rotatable bonds is 1. The number of benzene rings is 1. The Hall–Kier alpha value is -2.24. The number of hydrogen-bond acceptors (Lipinski definition) is 2. The molecular weight excluding hydrogens is 182 g/mol. The second kappa shape index (κ2) is 4.13. The summed E-state index contributed by atoms with van der Waals surface area (Å²) in [7, 11) is 0. The molecule has 74 valence electrons. The number of para-hydroxylation sites is 1. The van der Waals surface area contributed by atoms with Crippen LogP contribution in [-0.2, 0) is 0 Å². The van der Waals surface area contributed by atoms with Crippen molar-refractivity contribution in [1.82, 2.24) is 5.43 Å². The van der Waals surface area contributed by atoms with Crippen molar-refractivity contribution in [3.63, 3.8) is 0 Å². The standard InChI is InChI=1S/C8H11N5O/c9-7(10)13(12-8(11)14)6-4-2-1-3-5-6/h1-5H,(H3,9,10)(H3,11,12,14). The molecule has 1 rings (SSSR count). The van der Waals surface area contributed by atoms with E-state index in [1.807, 2.05) is 6.07 Å². The molecule has 0 aromatic heterocycles. The zero-order chi connectivity index (χ0) is 10.6. The Bertz CT molecular complexity index is 337. The second-order valence-electron chi connectivity index (χ2n) is 2.53. The van der Waals surface area contributed by atoms with Gasteiger partial charge < -0.3 is 11.5 Å². The maximum Gasteiger partial charge on any atom is 0.331 e. The quantitative estimate of drug-likeness (QED) is 0.285. The van der Waals surface area contributed by atoms with Crippen LogP contribution in [0.25, 0.3) is 0 Å². The minimum absolute atomic E-state index is 0.310. The average molecular weight is 193 g/mol. The molecule has 1 aromatic carbocycles. The number of guanidine groups is 1. The fourth-order valence-electron chi connectivity index (χ4n) is 0.951. The molecule has 0 aliphatic heterocycles. The largest absolute Gasteiger partial charge is 0.368 e. The third kappa shape index (κ3) is 2.37. The number of hydrogen-bond donors (Lipinski definition) is 4. The molecule has 0 saturated carbocycles. The Morgan fingerprint density at radius 1 is 1.29 bits per heavy atom. The van der Waals surface area contributed by atoms with Crippen molar-refractivity contribution < 1.29 is 4.79 Å². The Morgan fingerprint density at radius 3 is 2.29 bits per heavy atom. The van der Waals surface area contributed by atoms with Gasteiger partial charge in [0.05, 0.1) is 5.69 Å². The van der Waals surface area contributed by atoms with Gasteiger partial charge in [-0.3, -0.25) is 5.41 Å². The van der Waals surface area contributed by atoms with E-state index in [4.69, 9.17) is 16.9 Å². The van der Waals surface area contributed by atoms with Crippen molar-refractivity contribution in [2.75, 3.05) is 5.01 Å². The summed E-state index contributed by atoms with van der Waals surface area (Å²) in [5.41, 5.74) is 13.0. The van der Waals surface area contributed by atoms with E-state index in [1.54, 1.807) is 24.3 Å². The first kappa shape index (κ1) is 9.85. The van der Waals surface area contributed by atoms with Crippen molar-refractivity contribution in [1.29, 1.82) is 5.41 Å². The molecule has 0 unspecified atom stereocenters. The van der Waals surface area contributed by atoms with E-state index >= 15 is 0 Å². The van der Waals surface area contributed by atoms with Crippen molar-refractivity contribution in [3.8, 4) is 0 Å². The van der Waals surface area contributed by atoms with Crippen LogP contribution in [-0.4, -0.2) is 12.0 Å². The van der Waals surface area contributed by atoms with Crippen molar-refractivity contribution in [3.05, 3.63) is 30.3 Å². The molecule has 0 heterocycles. The van der Waals surface area contributed by atoms with E-state index in [1.165, 1.54) is 0 Å². The van der Waals surface area contributed by atoms with Gasteiger partial charge in [-0.2, -0.15) is 0 Å². The van der Waals surface area contributed by atoms with Gasteiger partial charge in [0.25, 0.3) is 0 Å². The summed E-state index contributed by atoms with van der Waals surface area (Å²) in [5, 5.41) is 8.30. The minimum Gasteiger partial charge on any atom is -0.368 e. The van der Waals surface area contributed by atoms with Crippen LogP contribution in [0.15, 0.2) is 30.3 Å². The summed E-state index contributed by atoms with van der Waals surface area (Å²) in [5.74, 6) is -0.310. The number of urea groups is 1. The highest BCUT2D eigenvalue weighted by molar-refractivity contribution is 5.94. The summed E-state index contributed by atoms with van der Waals surface area (Å²) in [4.78, 5) is 10.6. The highest BCUT2D eigenvalue weighted by Crippen LogP contribution is 2.09. The summed E-state index contributed by atoms with van der Waals surface area (Å²) in [6.07, 6.45) is 0. The van der Waals surface area contributed by atoms with E-state index in [9.17, 15) is 4.79 Å². The van der Waals surface area contributed by atoms with Crippen molar-refractivity contribution in [2.24, 2.45) is 11.5 Å². The summed E-state index contributed by atoms with van der Waals surface area (Å²) >= 11 is 0. The van der Waals surface area contributed by atoms with E-state index in [0.29, 0.717) is 5.69 Å². The molecular formula is C8H11N5O. The van der Waals surface area contributed by atoms with E-state index in [2.05, 4.69) is 5.43 Å². The highest BCUT2D eigenvalue weighted by atomic mass is 16.2. The van der Waals surface area contributed by atoms with Crippen molar-refractivity contribution in [2.45, 2.75) is 0 Å². The van der Waals surface area contributed by atoms with E-state index in [0.717, 1.165) is 5.01 Å². The summed E-state index contributed by atoms with van der Waals surface area (Å²) in [6.45, 7) is 0. The predicted octanol–water partition coefficient (Wildman–Crippen LogP) is -0.0302. The zero-order valence-electron chi connectivity index (χ0n) is 7.40. The number of carbonyl (C=O) groups excluding carboxylic acids is 1. The molecule has 0 atom stereocenters. The van der Waals surface area contributed by atoms with Crippen LogP contribution in [0.3, 0.4) is 0 Å². The minimum atomic E-state index is -0.774. The van der Waals surface area contributed by atoms with Crippen LogP contribution in [0.4, 0.5) is 10.5 Å². The third-order valence-corrected chi connectivity index (χ3v) is 1.48. The van der Waals surface area contributed by atoms with Gasteiger partial charge in [0.15, 0.2) is 0 Å². The number of nitrogens with one attached hydrogen (secondary N) is 2. The predicted molar refractivity (Wildman–Crippen MR) is 53.6 cm³/mol. The van der Waals surface area contributed by atoms with E-state index in [-0.39, 0.29) is 5.96 Å². The third-order valence-electron chi connectivity index (χ3n) is 1.48. The van der Waals surface area contributed by atoms with Gasteiger partial charge in [0.2, 0.25) is 5.96 Å². The lowest BCUT2D eigenvalue weighted by molar-refractivity contribution is 0.249. The van der Waals surface area contributed by atoms with E-state index < -0.39 is 6.03 Å². The number of anilines is 1. The SMILES string of the molecule is N=C(N)N(NC(N)=O)c1ccccc1. The number of nitrogens with two attached hydrogens (primary N) is 2. The van der Waals surface area contributed by atoms with Crippen LogP contribution in [0.2, 0.25) is 0 Å². The molecule has 6 nitrogen and oxygen atoms in total. The smallest absolute Gasteiger partial charge is 0.331 e. The number of amides is 2. The molecule has 1 aromatic rings. The molecule has 6 N–H and O–H groups in total. The molecule has 0 spiro atoms. The van der Waals surface area contributed by atoms with Gasteiger partial charge in [0.1, 0.15) is 0 Å². The lowest BCUT2D eigenvalue weighted by Crippen LogP contribution is -2.51. The first-order valence-corrected chi connectivity index (χ1v) is 3.86. The number of hydrazine groups is 1. The van der Waals surface area contributed by atoms with Gasteiger partial charge >= 0.3 is 6.03 Å². The van der Waals surface area contributed by atoms with Crippen molar-refractivity contribution >= 4 is 17.7 Å². The normalized spacial score (nSPS) is 9.14. The topological polar surface area (TPSA) is 108 Å². The van der Waals surface area contributed by atoms with Gasteiger partial charge in [0, 0.05) is 0 Å². The van der Waals surface area contributed by atoms with Gasteiger partial charge in [-0.25, -0.2) is 15.2 Å². The van der Waals surface area contributed by atoms with Crippen LogP contribution in [0.1, 0.15) is 0 Å². The molecule has 6 heteroatoms. The average Bonchev–Trinajstić information content (AvgIpc) is 2.15.